The Morgan fingerprint density at radius 3 is 2.62 bits per heavy atom. The molecule has 1 rings (SSSR count). The van der Waals surface area contributed by atoms with Crippen LogP contribution in [-0.2, 0) is 22.6 Å². The van der Waals surface area contributed by atoms with Crippen LogP contribution in [0.2, 0.25) is 0 Å². The number of aldehydes is 1. The van der Waals surface area contributed by atoms with Crippen LogP contribution in [0.25, 0.3) is 0 Å². The number of carbonyl (C=O) groups is 1. The summed E-state index contributed by atoms with van der Waals surface area (Å²) in [5, 5.41) is 0. The third-order valence-corrected chi connectivity index (χ3v) is 2.28. The molecule has 0 aliphatic heterocycles. The van der Waals surface area contributed by atoms with Crippen molar-refractivity contribution in [1.29, 1.82) is 0 Å². The van der Waals surface area contributed by atoms with Gasteiger partial charge in [-0.25, -0.2) is 4.39 Å². The van der Waals surface area contributed by atoms with E-state index in [2.05, 4.69) is 0 Å². The normalized spacial score (nSPS) is 10.2. The number of ether oxygens (including phenoxy) is 2. The molecular weight excluding hydrogens is 211 g/mol. The lowest BCUT2D eigenvalue weighted by Gasteiger charge is -2.10. The zero-order chi connectivity index (χ0) is 12.0. The second kappa shape index (κ2) is 6.23. The number of carbonyl (C=O) groups excluding carboxylic acids is 1. The maximum absolute atomic E-state index is 13.5. The average Bonchev–Trinajstić information content (AvgIpc) is 2.29. The lowest BCUT2D eigenvalue weighted by molar-refractivity contribution is -0.107. The Morgan fingerprint density at radius 1 is 1.31 bits per heavy atom. The van der Waals surface area contributed by atoms with Gasteiger partial charge in [-0.05, 0) is 18.1 Å². The van der Waals surface area contributed by atoms with Crippen molar-refractivity contribution in [3.05, 3.63) is 29.1 Å². The molecule has 0 N–H and O–H groups in total. The summed E-state index contributed by atoms with van der Waals surface area (Å²) in [6.45, 7) is 0.359. The molecule has 88 valence electrons. The second-order valence-electron chi connectivity index (χ2n) is 3.39. The maximum Gasteiger partial charge on any atom is 0.130 e. The van der Waals surface area contributed by atoms with Crippen LogP contribution < -0.4 is 4.74 Å². The topological polar surface area (TPSA) is 35.5 Å². The Labute approximate surface area is 94.2 Å². The van der Waals surface area contributed by atoms with Crippen LogP contribution in [0.5, 0.6) is 5.75 Å². The molecule has 0 aromatic heterocycles. The molecule has 0 atom stereocenters. The van der Waals surface area contributed by atoms with E-state index in [0.29, 0.717) is 30.8 Å². The zero-order valence-corrected chi connectivity index (χ0v) is 9.46. The van der Waals surface area contributed by atoms with Gasteiger partial charge in [-0.1, -0.05) is 0 Å². The molecule has 0 bridgehead atoms. The molecular formula is C12H15FO3. The first kappa shape index (κ1) is 12.6. The Balaban J connectivity index is 3.00. The zero-order valence-electron chi connectivity index (χ0n) is 9.46. The molecule has 0 heterocycles. The Morgan fingerprint density at radius 2 is 2.06 bits per heavy atom. The van der Waals surface area contributed by atoms with Gasteiger partial charge in [-0.15, -0.1) is 0 Å². The minimum Gasteiger partial charge on any atom is -0.496 e. The summed E-state index contributed by atoms with van der Waals surface area (Å²) in [5.74, 6) is 0.118. The molecule has 0 saturated carbocycles. The molecule has 16 heavy (non-hydrogen) atoms. The van der Waals surface area contributed by atoms with Crippen LogP contribution in [0.1, 0.15) is 17.5 Å². The highest BCUT2D eigenvalue weighted by Crippen LogP contribution is 2.24. The minimum absolute atomic E-state index is 0.315. The fourth-order valence-corrected chi connectivity index (χ4v) is 1.52. The number of hydrogen-bond donors (Lipinski definition) is 0. The van der Waals surface area contributed by atoms with Crippen molar-refractivity contribution in [2.24, 2.45) is 0 Å². The van der Waals surface area contributed by atoms with Crippen molar-refractivity contribution in [2.45, 2.75) is 19.4 Å². The third kappa shape index (κ3) is 3.03. The predicted octanol–water partition coefficient (Wildman–Crippen LogP) is 2.11. The van der Waals surface area contributed by atoms with Gasteiger partial charge in [0.05, 0.1) is 13.7 Å². The Hall–Kier alpha value is -1.42. The van der Waals surface area contributed by atoms with Crippen LogP contribution in [-0.4, -0.2) is 20.5 Å². The number of rotatable bonds is 6. The van der Waals surface area contributed by atoms with E-state index in [-0.39, 0.29) is 5.82 Å². The predicted molar refractivity (Wildman–Crippen MR) is 58.1 cm³/mol. The summed E-state index contributed by atoms with van der Waals surface area (Å²) in [6, 6.07) is 3.01. The van der Waals surface area contributed by atoms with E-state index < -0.39 is 0 Å². The lowest BCUT2D eigenvalue weighted by atomic mass is 10.1. The summed E-state index contributed by atoms with van der Waals surface area (Å²) in [5.41, 5.74) is 1.30. The van der Waals surface area contributed by atoms with Crippen molar-refractivity contribution < 1.29 is 18.7 Å². The maximum atomic E-state index is 13.5. The van der Waals surface area contributed by atoms with E-state index in [4.69, 9.17) is 9.47 Å². The van der Waals surface area contributed by atoms with Gasteiger partial charge >= 0.3 is 0 Å². The molecule has 0 radical (unpaired) electrons. The molecule has 0 aliphatic rings. The van der Waals surface area contributed by atoms with Gasteiger partial charge in [0.1, 0.15) is 17.9 Å². The molecule has 0 spiro atoms. The van der Waals surface area contributed by atoms with Crippen LogP contribution >= 0.6 is 0 Å². The first-order chi connectivity index (χ1) is 7.72. The summed E-state index contributed by atoms with van der Waals surface area (Å²) >= 11 is 0. The summed E-state index contributed by atoms with van der Waals surface area (Å²) in [6.07, 6.45) is 1.49. The highest BCUT2D eigenvalue weighted by atomic mass is 19.1. The summed E-state index contributed by atoms with van der Waals surface area (Å²) in [7, 11) is 3.05. The quantitative estimate of drug-likeness (QED) is 0.697. The number of aryl methyl sites for hydroxylation is 1. The largest absolute Gasteiger partial charge is 0.496 e. The average molecular weight is 226 g/mol. The number of hydrogen-bond acceptors (Lipinski definition) is 3. The van der Waals surface area contributed by atoms with Gasteiger partial charge in [0.15, 0.2) is 0 Å². The molecule has 1 aromatic carbocycles. The summed E-state index contributed by atoms with van der Waals surface area (Å²) < 4.78 is 23.6. The first-order valence-electron chi connectivity index (χ1n) is 5.00. The molecule has 4 heteroatoms. The van der Waals surface area contributed by atoms with E-state index in [1.165, 1.54) is 13.2 Å². The van der Waals surface area contributed by atoms with Crippen molar-refractivity contribution >= 4 is 6.29 Å². The van der Waals surface area contributed by atoms with Gasteiger partial charge in [0, 0.05) is 25.2 Å². The van der Waals surface area contributed by atoms with Crippen LogP contribution in [0.4, 0.5) is 4.39 Å². The van der Waals surface area contributed by atoms with Gasteiger partial charge < -0.3 is 14.3 Å². The van der Waals surface area contributed by atoms with E-state index in [9.17, 15) is 9.18 Å². The third-order valence-electron chi connectivity index (χ3n) is 2.28. The molecule has 0 unspecified atom stereocenters. The molecule has 0 aliphatic carbocycles. The van der Waals surface area contributed by atoms with Crippen molar-refractivity contribution in [3.8, 4) is 5.75 Å². The Bertz CT molecular complexity index is 364. The van der Waals surface area contributed by atoms with E-state index in [1.54, 1.807) is 13.2 Å². The monoisotopic (exact) mass is 226 g/mol. The summed E-state index contributed by atoms with van der Waals surface area (Å²) in [4.78, 5) is 10.3. The lowest BCUT2D eigenvalue weighted by Crippen LogP contribution is -1.99. The molecule has 0 saturated heterocycles. The molecule has 0 amide bonds. The smallest absolute Gasteiger partial charge is 0.130 e. The van der Waals surface area contributed by atoms with E-state index in [0.717, 1.165) is 11.8 Å². The van der Waals surface area contributed by atoms with E-state index >= 15 is 0 Å². The highest BCUT2D eigenvalue weighted by molar-refractivity contribution is 5.50. The van der Waals surface area contributed by atoms with Crippen molar-refractivity contribution in [2.75, 3.05) is 14.2 Å². The standard InChI is InChI=1S/C12H15FO3/c1-15-8-10-6-9(4-3-5-14)11(13)7-12(10)16-2/h5-7H,3-4,8H2,1-2H3. The van der Waals surface area contributed by atoms with Gasteiger partial charge in [-0.3, -0.25) is 0 Å². The second-order valence-corrected chi connectivity index (χ2v) is 3.39. The molecule has 1 aromatic rings. The van der Waals surface area contributed by atoms with Gasteiger partial charge in [-0.2, -0.15) is 0 Å². The van der Waals surface area contributed by atoms with Gasteiger partial charge in [0.25, 0.3) is 0 Å². The van der Waals surface area contributed by atoms with Crippen LogP contribution in [0.15, 0.2) is 12.1 Å². The van der Waals surface area contributed by atoms with Crippen LogP contribution in [0, 0.1) is 5.82 Å². The SMILES string of the molecule is COCc1cc(CCC=O)c(F)cc1OC. The Kier molecular flexibility index (Phi) is 4.92. The number of benzene rings is 1. The first-order valence-corrected chi connectivity index (χ1v) is 5.00. The number of methoxy groups -OCH3 is 2. The number of halogens is 1. The fourth-order valence-electron chi connectivity index (χ4n) is 1.52. The van der Waals surface area contributed by atoms with Crippen molar-refractivity contribution in [3.63, 3.8) is 0 Å². The molecule has 0 fully saturated rings. The van der Waals surface area contributed by atoms with Crippen LogP contribution in [0.3, 0.4) is 0 Å². The highest BCUT2D eigenvalue weighted by Gasteiger charge is 2.10. The van der Waals surface area contributed by atoms with E-state index in [1.807, 2.05) is 0 Å². The fraction of sp³-hybridized carbons (Fsp3) is 0.417. The minimum atomic E-state index is -0.349. The van der Waals surface area contributed by atoms with Crippen molar-refractivity contribution in [1.82, 2.24) is 0 Å². The molecule has 3 nitrogen and oxygen atoms in total. The van der Waals surface area contributed by atoms with Gasteiger partial charge in [0.2, 0.25) is 0 Å².